The third-order valence-corrected chi connectivity index (χ3v) is 4.96. The molecule has 0 saturated carbocycles. The molecule has 3 rings (SSSR count). The number of methoxy groups -OCH3 is 2. The monoisotopic (exact) mass is 383 g/mol. The maximum absolute atomic E-state index is 12.8. The van der Waals surface area contributed by atoms with Gasteiger partial charge in [0.2, 0.25) is 0 Å². The summed E-state index contributed by atoms with van der Waals surface area (Å²) in [7, 11) is 2.95. The van der Waals surface area contributed by atoms with Gasteiger partial charge in [-0.2, -0.15) is 0 Å². The fourth-order valence-electron chi connectivity index (χ4n) is 3.32. The SMILES string of the molecule is COC(=O)C1CCN(C(=O)c2ccc(OCc3ccccc3)c(OC)c2)CC1. The van der Waals surface area contributed by atoms with Crippen LogP contribution in [-0.4, -0.2) is 44.1 Å². The van der Waals surface area contributed by atoms with Crippen LogP contribution in [0, 0.1) is 5.92 Å². The molecule has 1 aliphatic heterocycles. The number of hydrogen-bond donors (Lipinski definition) is 0. The molecule has 0 N–H and O–H groups in total. The highest BCUT2D eigenvalue weighted by molar-refractivity contribution is 5.95. The standard InChI is InChI=1S/C22H25NO5/c1-26-20-14-18(8-9-19(20)28-15-16-6-4-3-5-7-16)21(24)23-12-10-17(11-13-23)22(25)27-2/h3-9,14,17H,10-13,15H2,1-2H3. The van der Waals surface area contributed by atoms with Gasteiger partial charge in [0.1, 0.15) is 6.61 Å². The highest BCUT2D eigenvalue weighted by atomic mass is 16.5. The van der Waals surface area contributed by atoms with Crippen molar-refractivity contribution < 1.29 is 23.8 Å². The minimum Gasteiger partial charge on any atom is -0.493 e. The lowest BCUT2D eigenvalue weighted by molar-refractivity contribution is -0.146. The molecular formula is C22H25NO5. The summed E-state index contributed by atoms with van der Waals surface area (Å²) in [6.07, 6.45) is 1.24. The number of esters is 1. The molecule has 2 aromatic rings. The Balaban J connectivity index is 1.64. The van der Waals surface area contributed by atoms with E-state index in [1.165, 1.54) is 7.11 Å². The zero-order valence-electron chi connectivity index (χ0n) is 16.2. The van der Waals surface area contributed by atoms with Crippen LogP contribution in [0.3, 0.4) is 0 Å². The van der Waals surface area contributed by atoms with Gasteiger partial charge in [0.05, 0.1) is 20.1 Å². The molecule has 148 valence electrons. The van der Waals surface area contributed by atoms with E-state index in [9.17, 15) is 9.59 Å². The predicted molar refractivity (Wildman–Crippen MR) is 104 cm³/mol. The topological polar surface area (TPSA) is 65.1 Å². The fraction of sp³-hybridized carbons (Fsp3) is 0.364. The van der Waals surface area contributed by atoms with E-state index in [1.807, 2.05) is 30.3 Å². The van der Waals surface area contributed by atoms with Gasteiger partial charge in [0.25, 0.3) is 5.91 Å². The van der Waals surface area contributed by atoms with Crippen molar-refractivity contribution in [2.24, 2.45) is 5.92 Å². The van der Waals surface area contributed by atoms with E-state index in [0.29, 0.717) is 49.6 Å². The van der Waals surface area contributed by atoms with Gasteiger partial charge in [0, 0.05) is 18.7 Å². The average Bonchev–Trinajstić information content (AvgIpc) is 2.77. The Morgan fingerprint density at radius 2 is 1.71 bits per heavy atom. The second-order valence-electron chi connectivity index (χ2n) is 6.73. The number of benzene rings is 2. The van der Waals surface area contributed by atoms with Gasteiger partial charge in [-0.25, -0.2) is 0 Å². The number of amides is 1. The van der Waals surface area contributed by atoms with E-state index in [-0.39, 0.29) is 17.8 Å². The second-order valence-corrected chi connectivity index (χ2v) is 6.73. The van der Waals surface area contributed by atoms with Crippen LogP contribution in [0.15, 0.2) is 48.5 Å². The first-order chi connectivity index (χ1) is 13.6. The summed E-state index contributed by atoms with van der Waals surface area (Å²) in [6.45, 7) is 1.49. The Kier molecular flexibility index (Phi) is 6.53. The molecule has 1 heterocycles. The van der Waals surface area contributed by atoms with Crippen molar-refractivity contribution in [3.63, 3.8) is 0 Å². The first-order valence-corrected chi connectivity index (χ1v) is 9.34. The van der Waals surface area contributed by atoms with Crippen LogP contribution in [0.5, 0.6) is 11.5 Å². The van der Waals surface area contributed by atoms with Crippen LogP contribution in [0.1, 0.15) is 28.8 Å². The molecule has 1 amide bonds. The number of rotatable bonds is 6. The Morgan fingerprint density at radius 1 is 1.00 bits per heavy atom. The molecule has 1 fully saturated rings. The minimum atomic E-state index is -0.200. The first-order valence-electron chi connectivity index (χ1n) is 9.34. The summed E-state index contributed by atoms with van der Waals surface area (Å²) in [4.78, 5) is 26.2. The Labute approximate surface area is 165 Å². The lowest BCUT2D eigenvalue weighted by Gasteiger charge is -2.30. The summed E-state index contributed by atoms with van der Waals surface area (Å²) in [6, 6.07) is 15.1. The van der Waals surface area contributed by atoms with Gasteiger partial charge in [-0.05, 0) is 36.6 Å². The number of likely N-dealkylation sites (tertiary alicyclic amines) is 1. The fourth-order valence-corrected chi connectivity index (χ4v) is 3.32. The molecule has 0 unspecified atom stereocenters. The summed E-state index contributed by atoms with van der Waals surface area (Å²) in [5, 5.41) is 0. The van der Waals surface area contributed by atoms with E-state index in [1.54, 1.807) is 30.2 Å². The van der Waals surface area contributed by atoms with Crippen molar-refractivity contribution in [1.82, 2.24) is 4.90 Å². The minimum absolute atomic E-state index is 0.0729. The van der Waals surface area contributed by atoms with E-state index >= 15 is 0 Å². The largest absolute Gasteiger partial charge is 0.493 e. The Bertz CT molecular complexity index is 813. The lowest BCUT2D eigenvalue weighted by Crippen LogP contribution is -2.40. The summed E-state index contributed by atoms with van der Waals surface area (Å²) >= 11 is 0. The van der Waals surface area contributed by atoms with E-state index in [2.05, 4.69) is 0 Å². The Morgan fingerprint density at radius 3 is 2.36 bits per heavy atom. The highest BCUT2D eigenvalue weighted by Gasteiger charge is 2.28. The summed E-state index contributed by atoms with van der Waals surface area (Å²) in [5.74, 6) is 0.709. The quantitative estimate of drug-likeness (QED) is 0.716. The number of ether oxygens (including phenoxy) is 3. The van der Waals surface area contributed by atoms with Crippen molar-refractivity contribution in [2.75, 3.05) is 27.3 Å². The van der Waals surface area contributed by atoms with Crippen LogP contribution < -0.4 is 9.47 Å². The molecule has 0 aliphatic carbocycles. The van der Waals surface area contributed by atoms with E-state index < -0.39 is 0 Å². The molecule has 0 aromatic heterocycles. The first kappa shape index (κ1) is 19.7. The number of hydrogen-bond acceptors (Lipinski definition) is 5. The van der Waals surface area contributed by atoms with Crippen molar-refractivity contribution in [3.05, 3.63) is 59.7 Å². The molecule has 1 aliphatic rings. The van der Waals surface area contributed by atoms with Crippen LogP contribution in [-0.2, 0) is 16.1 Å². The molecule has 2 aromatic carbocycles. The maximum Gasteiger partial charge on any atom is 0.308 e. The van der Waals surface area contributed by atoms with Crippen LogP contribution in [0.2, 0.25) is 0 Å². The average molecular weight is 383 g/mol. The van der Waals surface area contributed by atoms with Crippen molar-refractivity contribution >= 4 is 11.9 Å². The zero-order chi connectivity index (χ0) is 19.9. The zero-order valence-corrected chi connectivity index (χ0v) is 16.2. The van der Waals surface area contributed by atoms with Crippen LogP contribution in [0.4, 0.5) is 0 Å². The van der Waals surface area contributed by atoms with Gasteiger partial charge < -0.3 is 19.1 Å². The molecule has 1 saturated heterocycles. The van der Waals surface area contributed by atoms with Crippen molar-refractivity contribution in [2.45, 2.75) is 19.4 Å². The molecule has 6 heteroatoms. The molecule has 6 nitrogen and oxygen atoms in total. The van der Waals surface area contributed by atoms with Crippen molar-refractivity contribution in [1.29, 1.82) is 0 Å². The normalized spacial score (nSPS) is 14.4. The number of carbonyl (C=O) groups is 2. The summed E-state index contributed by atoms with van der Waals surface area (Å²) in [5.41, 5.74) is 1.60. The van der Waals surface area contributed by atoms with Crippen LogP contribution >= 0.6 is 0 Å². The van der Waals surface area contributed by atoms with E-state index in [0.717, 1.165) is 5.56 Å². The second kappa shape index (κ2) is 9.26. The Hall–Kier alpha value is -3.02. The molecule has 0 bridgehead atoms. The molecule has 0 spiro atoms. The highest BCUT2D eigenvalue weighted by Crippen LogP contribution is 2.30. The van der Waals surface area contributed by atoms with E-state index in [4.69, 9.17) is 14.2 Å². The molecular weight excluding hydrogens is 358 g/mol. The smallest absolute Gasteiger partial charge is 0.308 e. The van der Waals surface area contributed by atoms with Gasteiger partial charge in [-0.3, -0.25) is 9.59 Å². The number of carbonyl (C=O) groups excluding carboxylic acids is 2. The maximum atomic E-state index is 12.8. The van der Waals surface area contributed by atoms with Gasteiger partial charge in [0.15, 0.2) is 11.5 Å². The molecule has 0 atom stereocenters. The van der Waals surface area contributed by atoms with Gasteiger partial charge in [-0.1, -0.05) is 30.3 Å². The third kappa shape index (κ3) is 4.63. The summed E-state index contributed by atoms with van der Waals surface area (Å²) < 4.78 is 16.1. The van der Waals surface area contributed by atoms with Crippen LogP contribution in [0.25, 0.3) is 0 Å². The molecule has 28 heavy (non-hydrogen) atoms. The predicted octanol–water partition coefficient (Wildman–Crippen LogP) is 3.30. The number of piperidine rings is 1. The van der Waals surface area contributed by atoms with Gasteiger partial charge in [-0.15, -0.1) is 0 Å². The van der Waals surface area contributed by atoms with Crippen molar-refractivity contribution in [3.8, 4) is 11.5 Å². The van der Waals surface area contributed by atoms with Gasteiger partial charge >= 0.3 is 5.97 Å². The molecule has 0 radical (unpaired) electrons. The number of nitrogens with zero attached hydrogens (tertiary/aromatic N) is 1. The lowest BCUT2D eigenvalue weighted by atomic mass is 9.96. The third-order valence-electron chi connectivity index (χ3n) is 4.96.